The second-order valence-corrected chi connectivity index (χ2v) is 7.32. The van der Waals surface area contributed by atoms with Crippen molar-refractivity contribution in [3.63, 3.8) is 0 Å². The third-order valence-corrected chi connectivity index (χ3v) is 5.48. The zero-order valence-electron chi connectivity index (χ0n) is 16.5. The van der Waals surface area contributed by atoms with Gasteiger partial charge in [-0.25, -0.2) is 0 Å². The van der Waals surface area contributed by atoms with Crippen LogP contribution in [0, 0.1) is 0 Å². The van der Waals surface area contributed by atoms with Crippen molar-refractivity contribution in [2.24, 2.45) is 0 Å². The Balaban J connectivity index is 1.35. The number of carbonyl (C=O) groups excluding carboxylic acids is 2. The van der Waals surface area contributed by atoms with Gasteiger partial charge in [-0.15, -0.1) is 0 Å². The summed E-state index contributed by atoms with van der Waals surface area (Å²) in [6.07, 6.45) is -0.286. The second-order valence-electron chi connectivity index (χ2n) is 7.32. The van der Waals surface area contributed by atoms with Gasteiger partial charge in [0.2, 0.25) is 5.91 Å². The number of hydrogen-bond acceptors (Lipinski definition) is 5. The molecule has 2 aliphatic rings. The fourth-order valence-electron chi connectivity index (χ4n) is 3.88. The Morgan fingerprint density at radius 1 is 1.03 bits per heavy atom. The van der Waals surface area contributed by atoms with Gasteiger partial charge in [-0.3, -0.25) is 9.59 Å². The van der Waals surface area contributed by atoms with Crippen molar-refractivity contribution in [2.75, 3.05) is 42.5 Å². The quantitative estimate of drug-likeness (QED) is 0.860. The number of carbonyl (C=O) groups is 2. The maximum absolute atomic E-state index is 12.7. The molecule has 4 rings (SSSR count). The topological polar surface area (TPSA) is 73.3 Å². The molecular weight excluding hydrogens is 370 g/mol. The molecule has 1 saturated heterocycles. The van der Waals surface area contributed by atoms with Crippen LogP contribution < -0.4 is 14.5 Å². The Morgan fingerprint density at radius 3 is 2.41 bits per heavy atom. The monoisotopic (exact) mass is 395 g/mol. The molecule has 1 fully saturated rings. The second kappa shape index (κ2) is 8.03. The van der Waals surface area contributed by atoms with E-state index in [9.17, 15) is 14.7 Å². The molecule has 2 aliphatic heterocycles. The summed E-state index contributed by atoms with van der Waals surface area (Å²) in [6, 6.07) is 14.7. The highest BCUT2D eigenvalue weighted by molar-refractivity contribution is 6.00. The third-order valence-electron chi connectivity index (χ3n) is 5.48. The van der Waals surface area contributed by atoms with Crippen molar-refractivity contribution in [2.45, 2.75) is 19.4 Å². The molecule has 1 atom stereocenters. The molecule has 0 radical (unpaired) electrons. The van der Waals surface area contributed by atoms with Crippen LogP contribution in [0.1, 0.15) is 13.3 Å². The number of rotatable bonds is 4. The van der Waals surface area contributed by atoms with Gasteiger partial charge in [0, 0.05) is 39.1 Å². The molecule has 7 nitrogen and oxygen atoms in total. The summed E-state index contributed by atoms with van der Waals surface area (Å²) in [5.41, 5.74) is 1.51. The number of aromatic hydroxyl groups is 1. The fourth-order valence-corrected chi connectivity index (χ4v) is 3.88. The van der Waals surface area contributed by atoms with E-state index in [0.29, 0.717) is 44.2 Å². The van der Waals surface area contributed by atoms with E-state index in [4.69, 9.17) is 4.74 Å². The van der Waals surface area contributed by atoms with Crippen LogP contribution in [0.3, 0.4) is 0 Å². The molecule has 0 bridgehead atoms. The maximum Gasteiger partial charge on any atom is 0.267 e. The lowest BCUT2D eigenvalue weighted by molar-refractivity contribution is -0.131. The number of para-hydroxylation sites is 4. The molecule has 0 spiro atoms. The number of hydrogen-bond donors (Lipinski definition) is 1. The number of piperazine rings is 1. The van der Waals surface area contributed by atoms with Gasteiger partial charge in [0.05, 0.1) is 11.4 Å². The molecule has 7 heteroatoms. The van der Waals surface area contributed by atoms with Gasteiger partial charge in [0.15, 0.2) is 6.10 Å². The van der Waals surface area contributed by atoms with Gasteiger partial charge in [0.1, 0.15) is 11.5 Å². The molecule has 2 heterocycles. The Bertz CT molecular complexity index is 908. The largest absolute Gasteiger partial charge is 0.506 e. The molecule has 29 heavy (non-hydrogen) atoms. The van der Waals surface area contributed by atoms with Crippen molar-refractivity contribution in [1.82, 2.24) is 4.90 Å². The standard InChI is InChI=1S/C22H25N3O4/c1-16-22(28)25(18-7-3-5-9-20(18)29-16)11-10-21(27)24-14-12-23(13-15-24)17-6-2-4-8-19(17)26/h2-9,16,26H,10-15H2,1H3. The average molecular weight is 395 g/mol. The van der Waals surface area contributed by atoms with E-state index in [-0.39, 0.29) is 24.0 Å². The summed E-state index contributed by atoms with van der Waals surface area (Å²) in [6.45, 7) is 4.58. The summed E-state index contributed by atoms with van der Waals surface area (Å²) >= 11 is 0. The van der Waals surface area contributed by atoms with Crippen LogP contribution in [0.4, 0.5) is 11.4 Å². The van der Waals surface area contributed by atoms with E-state index in [0.717, 1.165) is 5.69 Å². The highest BCUT2D eigenvalue weighted by atomic mass is 16.5. The number of amides is 2. The Morgan fingerprint density at radius 2 is 1.69 bits per heavy atom. The predicted octanol–water partition coefficient (Wildman–Crippen LogP) is 2.25. The van der Waals surface area contributed by atoms with Gasteiger partial charge >= 0.3 is 0 Å². The highest BCUT2D eigenvalue weighted by Crippen LogP contribution is 2.33. The van der Waals surface area contributed by atoms with Gasteiger partial charge in [-0.1, -0.05) is 24.3 Å². The number of phenolic OH excluding ortho intramolecular Hbond substituents is 1. The van der Waals surface area contributed by atoms with Crippen LogP contribution in [-0.2, 0) is 9.59 Å². The maximum atomic E-state index is 12.7. The molecule has 0 aliphatic carbocycles. The molecular formula is C22H25N3O4. The SMILES string of the molecule is CC1Oc2ccccc2N(CCC(=O)N2CCN(c3ccccc3O)CC2)C1=O. The van der Waals surface area contributed by atoms with E-state index in [1.54, 1.807) is 24.0 Å². The summed E-state index contributed by atoms with van der Waals surface area (Å²) in [7, 11) is 0. The van der Waals surface area contributed by atoms with E-state index in [1.165, 1.54) is 0 Å². The first-order valence-corrected chi connectivity index (χ1v) is 9.92. The average Bonchev–Trinajstić information content (AvgIpc) is 2.74. The zero-order valence-corrected chi connectivity index (χ0v) is 16.5. The van der Waals surface area contributed by atoms with Gasteiger partial charge < -0.3 is 24.5 Å². The fraction of sp³-hybridized carbons (Fsp3) is 0.364. The molecule has 2 aromatic carbocycles. The number of ether oxygens (including phenoxy) is 1. The van der Waals surface area contributed by atoms with Crippen molar-refractivity contribution < 1.29 is 19.4 Å². The van der Waals surface area contributed by atoms with Crippen molar-refractivity contribution in [3.05, 3.63) is 48.5 Å². The first-order valence-electron chi connectivity index (χ1n) is 9.92. The lowest BCUT2D eigenvalue weighted by Gasteiger charge is -2.37. The first kappa shape index (κ1) is 19.1. The highest BCUT2D eigenvalue weighted by Gasteiger charge is 2.32. The minimum atomic E-state index is -0.554. The summed E-state index contributed by atoms with van der Waals surface area (Å²) in [5.74, 6) is 0.835. The lowest BCUT2D eigenvalue weighted by atomic mass is 10.1. The van der Waals surface area contributed by atoms with Crippen LogP contribution in [-0.4, -0.2) is 60.6 Å². The van der Waals surface area contributed by atoms with E-state index < -0.39 is 6.10 Å². The zero-order chi connectivity index (χ0) is 20.4. The van der Waals surface area contributed by atoms with Crippen LogP contribution in [0.15, 0.2) is 48.5 Å². The summed E-state index contributed by atoms with van der Waals surface area (Å²) in [5, 5.41) is 10.0. The predicted molar refractivity (Wildman–Crippen MR) is 110 cm³/mol. The smallest absolute Gasteiger partial charge is 0.267 e. The Kier molecular flexibility index (Phi) is 5.29. The first-order chi connectivity index (χ1) is 14.0. The summed E-state index contributed by atoms with van der Waals surface area (Å²) in [4.78, 5) is 30.9. The van der Waals surface area contributed by atoms with E-state index in [1.807, 2.05) is 41.3 Å². The normalized spacial score (nSPS) is 19.0. The summed E-state index contributed by atoms with van der Waals surface area (Å²) < 4.78 is 5.65. The van der Waals surface area contributed by atoms with Crippen LogP contribution in [0.5, 0.6) is 11.5 Å². The molecule has 152 valence electrons. The van der Waals surface area contributed by atoms with Gasteiger partial charge in [0.25, 0.3) is 5.91 Å². The number of benzene rings is 2. The van der Waals surface area contributed by atoms with E-state index in [2.05, 4.69) is 4.90 Å². The molecule has 0 saturated carbocycles. The van der Waals surface area contributed by atoms with Crippen molar-refractivity contribution >= 4 is 23.2 Å². The van der Waals surface area contributed by atoms with E-state index >= 15 is 0 Å². The minimum Gasteiger partial charge on any atom is -0.506 e. The Labute approximate surface area is 170 Å². The molecule has 0 aromatic heterocycles. The molecule has 2 aromatic rings. The molecule has 1 unspecified atom stereocenters. The number of nitrogens with zero attached hydrogens (tertiary/aromatic N) is 3. The van der Waals surface area contributed by atoms with Gasteiger partial charge in [-0.2, -0.15) is 0 Å². The third kappa shape index (κ3) is 3.85. The number of anilines is 2. The van der Waals surface area contributed by atoms with Gasteiger partial charge in [-0.05, 0) is 31.2 Å². The van der Waals surface area contributed by atoms with Crippen LogP contribution in [0.2, 0.25) is 0 Å². The van der Waals surface area contributed by atoms with Crippen molar-refractivity contribution in [3.8, 4) is 11.5 Å². The minimum absolute atomic E-state index is 0.0337. The Hall–Kier alpha value is -3.22. The molecule has 1 N–H and O–H groups in total. The lowest BCUT2D eigenvalue weighted by Crippen LogP contribution is -2.50. The molecule has 2 amide bonds. The van der Waals surface area contributed by atoms with Crippen LogP contribution in [0.25, 0.3) is 0 Å². The number of phenols is 1. The van der Waals surface area contributed by atoms with Crippen LogP contribution >= 0.6 is 0 Å². The number of fused-ring (bicyclic) bond motifs is 1. The van der Waals surface area contributed by atoms with Crippen molar-refractivity contribution in [1.29, 1.82) is 0 Å².